The Morgan fingerprint density at radius 1 is 1.31 bits per heavy atom. The summed E-state index contributed by atoms with van der Waals surface area (Å²) in [4.78, 5) is 2.46. The summed E-state index contributed by atoms with van der Waals surface area (Å²) >= 11 is 0. The SMILES string of the molecule is OC[C@H]1OC[C@H]2C[C@@H]1N2Cc1ccccc1. The molecule has 86 valence electrons. The quantitative estimate of drug-likeness (QED) is 0.824. The Morgan fingerprint density at radius 3 is 2.81 bits per heavy atom. The normalized spacial score (nSPS) is 33.4. The van der Waals surface area contributed by atoms with Crippen molar-refractivity contribution in [1.82, 2.24) is 4.90 Å². The smallest absolute Gasteiger partial charge is 0.0962 e. The van der Waals surface area contributed by atoms with E-state index in [4.69, 9.17) is 4.74 Å². The molecule has 3 heteroatoms. The van der Waals surface area contributed by atoms with E-state index in [9.17, 15) is 5.11 Å². The van der Waals surface area contributed by atoms with E-state index in [1.807, 2.05) is 6.07 Å². The molecule has 0 aromatic heterocycles. The molecule has 4 rings (SSSR count). The Bertz CT molecular complexity index is 352. The first-order valence-corrected chi connectivity index (χ1v) is 5.90. The number of ether oxygens (including phenoxy) is 1. The maximum absolute atomic E-state index is 9.22. The van der Waals surface area contributed by atoms with Gasteiger partial charge >= 0.3 is 0 Å². The number of benzene rings is 1. The zero-order valence-electron chi connectivity index (χ0n) is 9.25. The summed E-state index contributed by atoms with van der Waals surface area (Å²) in [6.07, 6.45) is 1.20. The molecule has 3 nitrogen and oxygen atoms in total. The minimum absolute atomic E-state index is 0.0220. The monoisotopic (exact) mass is 219 g/mol. The minimum atomic E-state index is 0.0220. The second kappa shape index (κ2) is 4.17. The number of fused-ring (bicyclic) bond motifs is 2. The molecule has 0 radical (unpaired) electrons. The van der Waals surface area contributed by atoms with Crippen molar-refractivity contribution in [2.24, 2.45) is 0 Å². The van der Waals surface area contributed by atoms with Crippen LogP contribution in [0.2, 0.25) is 0 Å². The Morgan fingerprint density at radius 2 is 2.12 bits per heavy atom. The average molecular weight is 219 g/mol. The molecule has 1 aromatic carbocycles. The third-order valence-electron chi connectivity index (χ3n) is 3.73. The van der Waals surface area contributed by atoms with Gasteiger partial charge in [0, 0.05) is 18.6 Å². The molecule has 16 heavy (non-hydrogen) atoms. The first-order valence-electron chi connectivity index (χ1n) is 5.90. The van der Waals surface area contributed by atoms with Gasteiger partial charge in [-0.1, -0.05) is 30.3 Å². The van der Waals surface area contributed by atoms with Crippen molar-refractivity contribution in [2.75, 3.05) is 13.2 Å². The van der Waals surface area contributed by atoms with Crippen LogP contribution in [0.4, 0.5) is 0 Å². The van der Waals surface area contributed by atoms with Crippen molar-refractivity contribution in [2.45, 2.75) is 31.2 Å². The molecule has 0 saturated carbocycles. The third kappa shape index (κ3) is 1.65. The van der Waals surface area contributed by atoms with E-state index < -0.39 is 0 Å². The maximum Gasteiger partial charge on any atom is 0.0962 e. The van der Waals surface area contributed by atoms with Crippen molar-refractivity contribution >= 4 is 0 Å². The van der Waals surface area contributed by atoms with Crippen LogP contribution in [0, 0.1) is 0 Å². The summed E-state index contributed by atoms with van der Waals surface area (Å²) in [5, 5.41) is 9.22. The van der Waals surface area contributed by atoms with E-state index in [2.05, 4.69) is 29.2 Å². The molecule has 1 aromatic rings. The third-order valence-corrected chi connectivity index (χ3v) is 3.73. The van der Waals surface area contributed by atoms with Gasteiger partial charge in [-0.15, -0.1) is 0 Å². The molecule has 1 N–H and O–H groups in total. The minimum Gasteiger partial charge on any atom is -0.394 e. The van der Waals surface area contributed by atoms with Crippen LogP contribution in [0.15, 0.2) is 30.3 Å². The molecular weight excluding hydrogens is 202 g/mol. The number of morpholine rings is 1. The van der Waals surface area contributed by atoms with Crippen molar-refractivity contribution in [3.05, 3.63) is 35.9 Å². The van der Waals surface area contributed by atoms with Crippen molar-refractivity contribution in [1.29, 1.82) is 0 Å². The second-order valence-electron chi connectivity index (χ2n) is 4.67. The van der Waals surface area contributed by atoms with Gasteiger partial charge in [-0.3, -0.25) is 4.90 Å². The van der Waals surface area contributed by atoms with E-state index in [1.165, 1.54) is 12.0 Å². The van der Waals surface area contributed by atoms with Crippen LogP contribution in [-0.4, -0.2) is 41.4 Å². The highest BCUT2D eigenvalue weighted by molar-refractivity contribution is 5.16. The molecule has 3 heterocycles. The molecule has 3 aliphatic heterocycles. The molecule has 3 fully saturated rings. The van der Waals surface area contributed by atoms with Crippen LogP contribution in [0.3, 0.4) is 0 Å². The Hall–Kier alpha value is -0.900. The summed E-state index contributed by atoms with van der Waals surface area (Å²) < 4.78 is 5.57. The fourth-order valence-corrected chi connectivity index (χ4v) is 2.77. The lowest BCUT2D eigenvalue weighted by Crippen LogP contribution is -2.67. The van der Waals surface area contributed by atoms with E-state index in [0.717, 1.165) is 13.2 Å². The molecular formula is C13H17NO2. The highest BCUT2D eigenvalue weighted by atomic mass is 16.5. The van der Waals surface area contributed by atoms with Gasteiger partial charge in [-0.25, -0.2) is 0 Å². The predicted octanol–water partition coefficient (Wildman–Crippen LogP) is 1.02. The lowest BCUT2D eigenvalue weighted by Gasteiger charge is -2.55. The number of aliphatic hydroxyl groups excluding tert-OH is 1. The summed E-state index contributed by atoms with van der Waals surface area (Å²) in [6, 6.07) is 11.5. The van der Waals surface area contributed by atoms with Crippen molar-refractivity contribution in [3.8, 4) is 0 Å². The molecule has 2 bridgehead atoms. The van der Waals surface area contributed by atoms with Gasteiger partial charge in [0.05, 0.1) is 19.3 Å². The first kappa shape index (κ1) is 10.3. The number of aliphatic hydroxyl groups is 1. The first-order chi connectivity index (χ1) is 7.88. The Kier molecular flexibility index (Phi) is 2.67. The van der Waals surface area contributed by atoms with Crippen molar-refractivity contribution < 1.29 is 9.84 Å². The fourth-order valence-electron chi connectivity index (χ4n) is 2.77. The zero-order valence-corrected chi connectivity index (χ0v) is 9.25. The largest absolute Gasteiger partial charge is 0.394 e. The molecule has 3 saturated heterocycles. The lowest BCUT2D eigenvalue weighted by atomic mass is 9.86. The van der Waals surface area contributed by atoms with E-state index in [0.29, 0.717) is 12.1 Å². The molecule has 0 unspecified atom stereocenters. The highest BCUT2D eigenvalue weighted by Gasteiger charge is 2.47. The standard InChI is InChI=1S/C13H17NO2/c15-8-13-12-6-11(9-16-13)14(12)7-10-4-2-1-3-5-10/h1-5,11-13,15H,6-9H2/t11-,12+,13-/m1/s1. The molecule has 0 aliphatic carbocycles. The molecule has 3 atom stereocenters. The van der Waals surface area contributed by atoms with Crippen LogP contribution in [0.25, 0.3) is 0 Å². The Labute approximate surface area is 95.6 Å². The number of nitrogens with zero attached hydrogens (tertiary/aromatic N) is 1. The van der Waals surface area contributed by atoms with E-state index in [1.54, 1.807) is 0 Å². The molecule has 0 amide bonds. The van der Waals surface area contributed by atoms with Gasteiger partial charge in [0.25, 0.3) is 0 Å². The van der Waals surface area contributed by atoms with Gasteiger partial charge in [0.1, 0.15) is 0 Å². The lowest BCUT2D eigenvalue weighted by molar-refractivity contribution is -0.187. The van der Waals surface area contributed by atoms with Gasteiger partial charge in [-0.2, -0.15) is 0 Å². The average Bonchev–Trinajstić information content (AvgIpc) is 2.37. The molecule has 3 aliphatic rings. The highest BCUT2D eigenvalue weighted by Crippen LogP contribution is 2.35. The van der Waals surface area contributed by atoms with Gasteiger partial charge in [-0.05, 0) is 12.0 Å². The number of rotatable bonds is 3. The zero-order chi connectivity index (χ0) is 11.0. The van der Waals surface area contributed by atoms with E-state index in [-0.39, 0.29) is 12.7 Å². The number of hydrogen-bond acceptors (Lipinski definition) is 3. The second-order valence-corrected chi connectivity index (χ2v) is 4.67. The van der Waals surface area contributed by atoms with Gasteiger partial charge in [0.2, 0.25) is 0 Å². The van der Waals surface area contributed by atoms with Gasteiger partial charge in [0.15, 0.2) is 0 Å². The molecule has 0 spiro atoms. The van der Waals surface area contributed by atoms with Gasteiger partial charge < -0.3 is 9.84 Å². The fraction of sp³-hybridized carbons (Fsp3) is 0.538. The van der Waals surface area contributed by atoms with Crippen LogP contribution in [0.1, 0.15) is 12.0 Å². The summed E-state index contributed by atoms with van der Waals surface area (Å²) in [7, 11) is 0. The van der Waals surface area contributed by atoms with Crippen LogP contribution in [-0.2, 0) is 11.3 Å². The van der Waals surface area contributed by atoms with Crippen LogP contribution < -0.4 is 0 Å². The topological polar surface area (TPSA) is 32.7 Å². The summed E-state index contributed by atoms with van der Waals surface area (Å²) in [6.45, 7) is 1.90. The number of hydrogen-bond donors (Lipinski definition) is 1. The maximum atomic E-state index is 9.22. The van der Waals surface area contributed by atoms with E-state index >= 15 is 0 Å². The Balaban J connectivity index is 1.68. The van der Waals surface area contributed by atoms with Crippen molar-refractivity contribution in [3.63, 3.8) is 0 Å². The summed E-state index contributed by atoms with van der Waals surface area (Å²) in [5.41, 5.74) is 1.34. The predicted molar refractivity (Wildman–Crippen MR) is 61.0 cm³/mol. The van der Waals surface area contributed by atoms with Crippen LogP contribution in [0.5, 0.6) is 0 Å². The summed E-state index contributed by atoms with van der Waals surface area (Å²) in [5.74, 6) is 0. The van der Waals surface area contributed by atoms with Crippen LogP contribution >= 0.6 is 0 Å².